The van der Waals surface area contributed by atoms with Crippen molar-refractivity contribution in [2.75, 3.05) is 30.4 Å². The number of hydrogen-bond donors (Lipinski definition) is 1. The fourth-order valence-corrected chi connectivity index (χ4v) is 3.05. The quantitative estimate of drug-likeness (QED) is 0.910. The summed E-state index contributed by atoms with van der Waals surface area (Å²) >= 11 is 6.17. The van der Waals surface area contributed by atoms with Gasteiger partial charge in [-0.25, -0.2) is 9.97 Å². The Hall–Kier alpha value is -2.01. The van der Waals surface area contributed by atoms with Crippen LogP contribution in [0.4, 0.5) is 17.3 Å². The van der Waals surface area contributed by atoms with Gasteiger partial charge in [-0.1, -0.05) is 11.6 Å². The van der Waals surface area contributed by atoms with Gasteiger partial charge in [0.1, 0.15) is 23.2 Å². The Kier molecular flexibility index (Phi) is 4.86. The molecule has 6 heteroatoms. The largest absolute Gasteiger partial charge is 0.495 e. The highest BCUT2D eigenvalue weighted by molar-refractivity contribution is 6.32. The molecule has 1 saturated heterocycles. The van der Waals surface area contributed by atoms with E-state index in [1.165, 1.54) is 19.3 Å². The molecular formula is C17H21ClN4O. The summed E-state index contributed by atoms with van der Waals surface area (Å²) in [5, 5.41) is 3.87. The highest BCUT2D eigenvalue weighted by atomic mass is 35.5. The molecule has 0 atom stereocenters. The Labute approximate surface area is 141 Å². The predicted octanol–water partition coefficient (Wildman–Crippen LogP) is 4.18. The van der Waals surface area contributed by atoms with E-state index in [1.807, 2.05) is 31.2 Å². The molecule has 1 aliphatic rings. The number of halogens is 1. The number of anilines is 3. The lowest BCUT2D eigenvalue weighted by atomic mass is 10.1. The molecule has 0 spiro atoms. The normalized spacial score (nSPS) is 14.7. The molecule has 2 aromatic rings. The Morgan fingerprint density at radius 2 is 1.91 bits per heavy atom. The third-order valence-electron chi connectivity index (χ3n) is 3.93. The summed E-state index contributed by atoms with van der Waals surface area (Å²) in [5.74, 6) is 3.18. The van der Waals surface area contributed by atoms with Crippen LogP contribution in [-0.2, 0) is 0 Å². The van der Waals surface area contributed by atoms with Gasteiger partial charge in [0, 0.05) is 24.8 Å². The number of benzene rings is 1. The number of rotatable bonds is 4. The van der Waals surface area contributed by atoms with Crippen molar-refractivity contribution in [3.05, 3.63) is 35.1 Å². The van der Waals surface area contributed by atoms with Crippen LogP contribution in [0, 0.1) is 6.92 Å². The van der Waals surface area contributed by atoms with Gasteiger partial charge < -0.3 is 15.0 Å². The molecule has 0 amide bonds. The lowest BCUT2D eigenvalue weighted by Gasteiger charge is -2.28. The van der Waals surface area contributed by atoms with Gasteiger partial charge in [-0.05, 0) is 44.4 Å². The second kappa shape index (κ2) is 7.04. The van der Waals surface area contributed by atoms with Crippen LogP contribution < -0.4 is 15.0 Å². The van der Waals surface area contributed by atoms with E-state index in [4.69, 9.17) is 16.3 Å². The number of aryl methyl sites for hydroxylation is 1. The summed E-state index contributed by atoms with van der Waals surface area (Å²) in [6.07, 6.45) is 3.75. The zero-order valence-corrected chi connectivity index (χ0v) is 14.2. The number of methoxy groups -OCH3 is 1. The molecule has 1 fully saturated rings. The zero-order valence-electron chi connectivity index (χ0n) is 13.5. The van der Waals surface area contributed by atoms with Crippen molar-refractivity contribution in [1.29, 1.82) is 0 Å². The van der Waals surface area contributed by atoms with Gasteiger partial charge in [-0.15, -0.1) is 0 Å². The highest BCUT2D eigenvalue weighted by Crippen LogP contribution is 2.29. The molecule has 2 heterocycles. The third kappa shape index (κ3) is 3.85. The molecule has 1 aromatic carbocycles. The average Bonchev–Trinajstić information content (AvgIpc) is 2.55. The number of ether oxygens (including phenoxy) is 1. The highest BCUT2D eigenvalue weighted by Gasteiger charge is 2.14. The molecular weight excluding hydrogens is 312 g/mol. The van der Waals surface area contributed by atoms with E-state index in [-0.39, 0.29) is 0 Å². The Morgan fingerprint density at radius 1 is 1.13 bits per heavy atom. The van der Waals surface area contributed by atoms with Crippen molar-refractivity contribution < 1.29 is 4.74 Å². The molecule has 5 nitrogen and oxygen atoms in total. The van der Waals surface area contributed by atoms with Gasteiger partial charge in [0.25, 0.3) is 0 Å². The molecule has 1 aromatic heterocycles. The first kappa shape index (κ1) is 15.9. The molecule has 122 valence electrons. The van der Waals surface area contributed by atoms with Gasteiger partial charge in [-0.2, -0.15) is 0 Å². The molecule has 23 heavy (non-hydrogen) atoms. The maximum absolute atomic E-state index is 6.17. The smallest absolute Gasteiger partial charge is 0.137 e. The standard InChI is InChI=1S/C17H21ClN4O/c1-12-19-16(11-17(20-12)22-8-4-3-5-9-22)21-13-6-7-15(23-2)14(18)10-13/h6-7,10-11H,3-5,8-9H2,1-2H3,(H,19,20,21). The van der Waals surface area contributed by atoms with E-state index in [0.29, 0.717) is 10.8 Å². The number of nitrogens with one attached hydrogen (secondary N) is 1. The van der Waals surface area contributed by atoms with Crippen LogP contribution in [0.2, 0.25) is 5.02 Å². The summed E-state index contributed by atoms with van der Waals surface area (Å²) in [4.78, 5) is 11.4. The maximum atomic E-state index is 6.17. The minimum Gasteiger partial charge on any atom is -0.495 e. The summed E-state index contributed by atoms with van der Waals surface area (Å²) in [6.45, 7) is 4.04. The number of hydrogen-bond acceptors (Lipinski definition) is 5. The van der Waals surface area contributed by atoms with E-state index >= 15 is 0 Å². The van der Waals surface area contributed by atoms with Gasteiger partial charge in [0.15, 0.2) is 0 Å². The minimum atomic E-state index is 0.569. The zero-order chi connectivity index (χ0) is 16.2. The Balaban J connectivity index is 1.82. The first-order valence-electron chi connectivity index (χ1n) is 7.87. The lowest BCUT2D eigenvalue weighted by Crippen LogP contribution is -2.30. The molecule has 0 saturated carbocycles. The van der Waals surface area contributed by atoms with Gasteiger partial charge >= 0.3 is 0 Å². The van der Waals surface area contributed by atoms with E-state index in [0.717, 1.165) is 36.2 Å². The average molecular weight is 333 g/mol. The van der Waals surface area contributed by atoms with Crippen molar-refractivity contribution in [2.24, 2.45) is 0 Å². The van der Waals surface area contributed by atoms with E-state index in [2.05, 4.69) is 20.2 Å². The summed E-state index contributed by atoms with van der Waals surface area (Å²) in [7, 11) is 1.60. The SMILES string of the molecule is COc1ccc(Nc2cc(N3CCCCC3)nc(C)n2)cc1Cl. The van der Waals surface area contributed by atoms with Crippen LogP contribution in [0.3, 0.4) is 0 Å². The van der Waals surface area contributed by atoms with Crippen LogP contribution in [0.25, 0.3) is 0 Å². The Morgan fingerprint density at radius 3 is 2.61 bits per heavy atom. The van der Waals surface area contributed by atoms with Gasteiger partial charge in [-0.3, -0.25) is 0 Å². The number of piperidine rings is 1. The van der Waals surface area contributed by atoms with Gasteiger partial charge in [0.2, 0.25) is 0 Å². The molecule has 1 N–H and O–H groups in total. The van der Waals surface area contributed by atoms with Crippen LogP contribution >= 0.6 is 11.6 Å². The monoisotopic (exact) mass is 332 g/mol. The van der Waals surface area contributed by atoms with Crippen molar-refractivity contribution >= 4 is 28.9 Å². The summed E-state index contributed by atoms with van der Waals surface area (Å²) in [6, 6.07) is 7.59. The number of nitrogens with zero attached hydrogens (tertiary/aromatic N) is 3. The van der Waals surface area contributed by atoms with E-state index in [1.54, 1.807) is 7.11 Å². The predicted molar refractivity (Wildman–Crippen MR) is 94.1 cm³/mol. The van der Waals surface area contributed by atoms with Crippen molar-refractivity contribution in [3.63, 3.8) is 0 Å². The molecule has 0 unspecified atom stereocenters. The molecule has 3 rings (SSSR count). The second-order valence-corrected chi connectivity index (χ2v) is 6.09. The molecule has 0 bridgehead atoms. The minimum absolute atomic E-state index is 0.569. The summed E-state index contributed by atoms with van der Waals surface area (Å²) < 4.78 is 5.18. The first-order chi connectivity index (χ1) is 11.2. The van der Waals surface area contributed by atoms with Crippen molar-refractivity contribution in [1.82, 2.24) is 9.97 Å². The lowest BCUT2D eigenvalue weighted by molar-refractivity contribution is 0.415. The fraction of sp³-hybridized carbons (Fsp3) is 0.412. The van der Waals surface area contributed by atoms with E-state index in [9.17, 15) is 0 Å². The van der Waals surface area contributed by atoms with Crippen molar-refractivity contribution in [3.8, 4) is 5.75 Å². The van der Waals surface area contributed by atoms with Crippen LogP contribution in [0.5, 0.6) is 5.75 Å². The maximum Gasteiger partial charge on any atom is 0.137 e. The summed E-state index contributed by atoms with van der Waals surface area (Å²) in [5.41, 5.74) is 0.874. The molecule has 0 radical (unpaired) electrons. The van der Waals surface area contributed by atoms with Crippen LogP contribution in [-0.4, -0.2) is 30.2 Å². The topological polar surface area (TPSA) is 50.3 Å². The second-order valence-electron chi connectivity index (χ2n) is 5.68. The Bertz CT molecular complexity index is 686. The first-order valence-corrected chi connectivity index (χ1v) is 8.25. The number of aromatic nitrogens is 2. The van der Waals surface area contributed by atoms with Crippen LogP contribution in [0.1, 0.15) is 25.1 Å². The van der Waals surface area contributed by atoms with Crippen LogP contribution in [0.15, 0.2) is 24.3 Å². The van der Waals surface area contributed by atoms with Gasteiger partial charge in [0.05, 0.1) is 12.1 Å². The molecule has 1 aliphatic heterocycles. The van der Waals surface area contributed by atoms with Crippen molar-refractivity contribution in [2.45, 2.75) is 26.2 Å². The molecule has 0 aliphatic carbocycles. The third-order valence-corrected chi connectivity index (χ3v) is 4.22. The van der Waals surface area contributed by atoms with E-state index < -0.39 is 0 Å². The fourth-order valence-electron chi connectivity index (χ4n) is 2.79.